The summed E-state index contributed by atoms with van der Waals surface area (Å²) in [4.78, 5) is 18.0. The van der Waals surface area contributed by atoms with Gasteiger partial charge < -0.3 is 14.5 Å². The predicted octanol–water partition coefficient (Wildman–Crippen LogP) is 5.63. The topological polar surface area (TPSA) is 54.6 Å². The fourth-order valence-corrected chi connectivity index (χ4v) is 4.77. The van der Waals surface area contributed by atoms with Gasteiger partial charge in [0.15, 0.2) is 0 Å². The summed E-state index contributed by atoms with van der Waals surface area (Å²) in [6, 6.07) is 12.5. The molecule has 0 amide bonds. The van der Waals surface area contributed by atoms with Crippen LogP contribution in [0.3, 0.4) is 0 Å². The van der Waals surface area contributed by atoms with E-state index in [2.05, 4.69) is 48.0 Å². The van der Waals surface area contributed by atoms with Crippen LogP contribution in [0, 0.1) is 12.8 Å². The van der Waals surface area contributed by atoms with Crippen molar-refractivity contribution in [3.63, 3.8) is 0 Å². The Hall–Kier alpha value is -2.79. The maximum Gasteiger partial charge on any atom is 0.338 e. The Balaban J connectivity index is 1.65. The molecule has 2 heterocycles. The minimum atomic E-state index is -0.262. The van der Waals surface area contributed by atoms with E-state index < -0.39 is 0 Å². The number of piperidine rings is 1. The Labute approximate surface area is 184 Å². The molecule has 31 heavy (non-hydrogen) atoms. The molecular formula is C26H32N2O3. The van der Waals surface area contributed by atoms with E-state index in [0.29, 0.717) is 24.1 Å². The van der Waals surface area contributed by atoms with Crippen LogP contribution in [0.1, 0.15) is 59.8 Å². The second-order valence-corrected chi connectivity index (χ2v) is 8.60. The van der Waals surface area contributed by atoms with E-state index in [0.717, 1.165) is 25.3 Å². The van der Waals surface area contributed by atoms with Gasteiger partial charge in [0.25, 0.3) is 0 Å². The SMILES string of the molecule is CCOC(=O)c1ccc([C@@H]2C[C@H](C)CCN2Cc2c(OC)cc(C)c3[nH]ccc23)cc1. The van der Waals surface area contributed by atoms with Crippen LogP contribution in [-0.2, 0) is 11.3 Å². The van der Waals surface area contributed by atoms with Crippen molar-refractivity contribution in [2.75, 3.05) is 20.3 Å². The number of H-pyrrole nitrogens is 1. The molecule has 2 aromatic carbocycles. The fraction of sp³-hybridized carbons (Fsp3) is 0.423. The van der Waals surface area contributed by atoms with Gasteiger partial charge in [0.05, 0.1) is 19.3 Å². The van der Waals surface area contributed by atoms with Gasteiger partial charge in [-0.05, 0) is 74.5 Å². The number of likely N-dealkylation sites (tertiary alicyclic amines) is 1. The number of carbonyl (C=O) groups is 1. The lowest BCUT2D eigenvalue weighted by molar-refractivity contribution is 0.0526. The zero-order valence-corrected chi connectivity index (χ0v) is 18.9. The molecule has 0 saturated carbocycles. The molecule has 0 aliphatic carbocycles. The molecule has 0 spiro atoms. The number of carbonyl (C=O) groups excluding carboxylic acids is 1. The summed E-state index contributed by atoms with van der Waals surface area (Å²) < 4.78 is 10.9. The number of nitrogens with one attached hydrogen (secondary N) is 1. The Morgan fingerprint density at radius 1 is 1.23 bits per heavy atom. The third-order valence-electron chi connectivity index (χ3n) is 6.47. The van der Waals surface area contributed by atoms with E-state index in [9.17, 15) is 4.79 Å². The molecule has 0 bridgehead atoms. The number of aromatic amines is 1. The molecule has 1 aliphatic rings. The number of ether oxygens (including phenoxy) is 2. The zero-order valence-electron chi connectivity index (χ0n) is 18.9. The van der Waals surface area contributed by atoms with Crippen LogP contribution in [-0.4, -0.2) is 36.1 Å². The van der Waals surface area contributed by atoms with Crippen LogP contribution in [0.15, 0.2) is 42.6 Å². The van der Waals surface area contributed by atoms with Crippen molar-refractivity contribution in [2.24, 2.45) is 5.92 Å². The highest BCUT2D eigenvalue weighted by molar-refractivity contribution is 5.89. The molecule has 1 aliphatic heterocycles. The summed E-state index contributed by atoms with van der Waals surface area (Å²) in [5.41, 5.74) is 5.45. The molecule has 0 unspecified atom stereocenters. The zero-order chi connectivity index (χ0) is 22.0. The summed E-state index contributed by atoms with van der Waals surface area (Å²) in [6.07, 6.45) is 4.29. The molecule has 0 radical (unpaired) electrons. The molecule has 1 fully saturated rings. The summed E-state index contributed by atoms with van der Waals surface area (Å²) >= 11 is 0. The quantitative estimate of drug-likeness (QED) is 0.525. The van der Waals surface area contributed by atoms with Crippen LogP contribution in [0.2, 0.25) is 0 Å². The van der Waals surface area contributed by atoms with E-state index in [1.165, 1.54) is 34.0 Å². The van der Waals surface area contributed by atoms with Crippen molar-refractivity contribution in [3.05, 3.63) is 64.8 Å². The highest BCUT2D eigenvalue weighted by Crippen LogP contribution is 2.38. The number of aryl methyl sites for hydroxylation is 1. The van der Waals surface area contributed by atoms with Crippen LogP contribution in [0.4, 0.5) is 0 Å². The van der Waals surface area contributed by atoms with Crippen molar-refractivity contribution in [1.82, 2.24) is 9.88 Å². The first-order chi connectivity index (χ1) is 15.0. The number of aromatic nitrogens is 1. The van der Waals surface area contributed by atoms with E-state index in [1.807, 2.05) is 25.3 Å². The summed E-state index contributed by atoms with van der Waals surface area (Å²) in [5.74, 6) is 1.35. The average molecular weight is 421 g/mol. The third kappa shape index (κ3) is 4.33. The largest absolute Gasteiger partial charge is 0.496 e. The Morgan fingerprint density at radius 2 is 2.00 bits per heavy atom. The lowest BCUT2D eigenvalue weighted by Crippen LogP contribution is -2.36. The monoisotopic (exact) mass is 420 g/mol. The first-order valence-corrected chi connectivity index (χ1v) is 11.2. The Kier molecular flexibility index (Phi) is 6.33. The van der Waals surface area contributed by atoms with Gasteiger partial charge in [0.1, 0.15) is 5.75 Å². The van der Waals surface area contributed by atoms with Gasteiger partial charge >= 0.3 is 5.97 Å². The smallest absolute Gasteiger partial charge is 0.338 e. The predicted molar refractivity (Wildman–Crippen MR) is 124 cm³/mol. The van der Waals surface area contributed by atoms with Crippen molar-refractivity contribution < 1.29 is 14.3 Å². The number of rotatable bonds is 6. The lowest BCUT2D eigenvalue weighted by Gasteiger charge is -2.39. The summed E-state index contributed by atoms with van der Waals surface area (Å²) in [7, 11) is 1.75. The number of hydrogen-bond donors (Lipinski definition) is 1. The van der Waals surface area contributed by atoms with Gasteiger partial charge in [-0.2, -0.15) is 0 Å². The molecule has 1 saturated heterocycles. The molecule has 5 nitrogen and oxygen atoms in total. The van der Waals surface area contributed by atoms with Crippen LogP contribution in [0.25, 0.3) is 10.9 Å². The molecule has 1 aromatic heterocycles. The number of nitrogens with zero attached hydrogens (tertiary/aromatic N) is 1. The van der Waals surface area contributed by atoms with Crippen molar-refractivity contribution >= 4 is 16.9 Å². The number of fused-ring (bicyclic) bond motifs is 1. The molecule has 2 atom stereocenters. The number of hydrogen-bond acceptors (Lipinski definition) is 4. The maximum absolute atomic E-state index is 12.0. The molecular weight excluding hydrogens is 388 g/mol. The van der Waals surface area contributed by atoms with Crippen molar-refractivity contribution in [3.8, 4) is 5.75 Å². The molecule has 1 N–H and O–H groups in total. The van der Waals surface area contributed by atoms with Crippen LogP contribution in [0.5, 0.6) is 5.75 Å². The van der Waals surface area contributed by atoms with Crippen LogP contribution >= 0.6 is 0 Å². The van der Waals surface area contributed by atoms with Gasteiger partial charge in [-0.25, -0.2) is 4.79 Å². The van der Waals surface area contributed by atoms with Gasteiger partial charge in [-0.15, -0.1) is 0 Å². The van der Waals surface area contributed by atoms with Crippen molar-refractivity contribution in [1.29, 1.82) is 0 Å². The molecule has 4 rings (SSSR count). The fourth-order valence-electron chi connectivity index (χ4n) is 4.77. The second kappa shape index (κ2) is 9.15. The second-order valence-electron chi connectivity index (χ2n) is 8.60. The maximum atomic E-state index is 12.0. The van der Waals surface area contributed by atoms with E-state index in [4.69, 9.17) is 9.47 Å². The Morgan fingerprint density at radius 3 is 2.71 bits per heavy atom. The number of methoxy groups -OCH3 is 1. The number of esters is 1. The molecule has 164 valence electrons. The lowest BCUT2D eigenvalue weighted by atomic mass is 9.87. The van der Waals surface area contributed by atoms with Gasteiger partial charge in [0.2, 0.25) is 0 Å². The highest BCUT2D eigenvalue weighted by Gasteiger charge is 2.29. The highest BCUT2D eigenvalue weighted by atomic mass is 16.5. The minimum Gasteiger partial charge on any atom is -0.496 e. The van der Waals surface area contributed by atoms with E-state index >= 15 is 0 Å². The van der Waals surface area contributed by atoms with E-state index in [1.54, 1.807) is 7.11 Å². The average Bonchev–Trinajstić information content (AvgIpc) is 3.27. The summed E-state index contributed by atoms with van der Waals surface area (Å²) in [5, 5.41) is 1.23. The van der Waals surface area contributed by atoms with Gasteiger partial charge in [0, 0.05) is 35.2 Å². The van der Waals surface area contributed by atoms with Gasteiger partial charge in [-0.1, -0.05) is 19.1 Å². The normalized spacial score (nSPS) is 19.5. The first-order valence-electron chi connectivity index (χ1n) is 11.2. The van der Waals surface area contributed by atoms with Crippen molar-refractivity contribution in [2.45, 2.75) is 46.2 Å². The van der Waals surface area contributed by atoms with Gasteiger partial charge in [-0.3, -0.25) is 4.90 Å². The molecule has 5 heteroatoms. The standard InChI is InChI=1S/C26H32N2O3/c1-5-31-26(29)20-8-6-19(7-9-20)23-14-17(2)11-13-28(23)16-22-21-10-12-27-25(21)18(3)15-24(22)30-4/h6-10,12,15,17,23,27H,5,11,13-14,16H2,1-4H3/t17-,23+/m1/s1. The van der Waals surface area contributed by atoms with Crippen LogP contribution < -0.4 is 4.74 Å². The first kappa shape index (κ1) is 21.4. The molecule has 3 aromatic rings. The minimum absolute atomic E-state index is 0.262. The number of benzene rings is 2. The summed E-state index contributed by atoms with van der Waals surface area (Å²) in [6.45, 7) is 8.52. The third-order valence-corrected chi connectivity index (χ3v) is 6.47. The van der Waals surface area contributed by atoms with E-state index in [-0.39, 0.29) is 5.97 Å². The Bertz CT molecular complexity index is 1050.